The summed E-state index contributed by atoms with van der Waals surface area (Å²) in [5, 5.41) is 0. The smallest absolute Gasteiger partial charge is 0.0978 e. The van der Waals surface area contributed by atoms with Gasteiger partial charge in [-0.3, -0.25) is 0 Å². The molecule has 2 atom stereocenters. The molecule has 18 heavy (non-hydrogen) atoms. The number of ether oxygens (including phenoxy) is 1. The Morgan fingerprint density at radius 1 is 1.17 bits per heavy atom. The number of unbranched alkanes of at least 4 members (excludes halogenated alkanes) is 2. The van der Waals surface area contributed by atoms with Crippen LogP contribution in [0.5, 0.6) is 0 Å². The van der Waals surface area contributed by atoms with Gasteiger partial charge >= 0.3 is 0 Å². The molecule has 0 radical (unpaired) electrons. The Bertz CT molecular complexity index is 338. The lowest BCUT2D eigenvalue weighted by atomic mass is 9.97. The van der Waals surface area contributed by atoms with E-state index >= 15 is 0 Å². The Balaban J connectivity index is 2.69. The van der Waals surface area contributed by atoms with E-state index in [-0.39, 0.29) is 12.1 Å². The molecule has 1 aromatic carbocycles. The maximum absolute atomic E-state index is 6.21. The van der Waals surface area contributed by atoms with E-state index in [1.807, 2.05) is 0 Å². The van der Waals surface area contributed by atoms with Gasteiger partial charge in [0.2, 0.25) is 0 Å². The third-order valence-electron chi connectivity index (χ3n) is 3.40. The average molecular weight is 249 g/mol. The van der Waals surface area contributed by atoms with Crippen molar-refractivity contribution < 1.29 is 4.74 Å². The van der Waals surface area contributed by atoms with E-state index in [0.29, 0.717) is 0 Å². The zero-order valence-corrected chi connectivity index (χ0v) is 12.0. The van der Waals surface area contributed by atoms with E-state index in [4.69, 9.17) is 10.5 Å². The number of rotatable bonds is 8. The summed E-state index contributed by atoms with van der Waals surface area (Å²) in [6.07, 6.45) is 4.54. The van der Waals surface area contributed by atoms with Crippen LogP contribution in [0.3, 0.4) is 0 Å². The number of aryl methyl sites for hydroxylation is 1. The summed E-state index contributed by atoms with van der Waals surface area (Å²) < 4.78 is 6.04. The first-order chi connectivity index (χ1) is 8.70. The second-order valence-electron chi connectivity index (χ2n) is 4.93. The summed E-state index contributed by atoms with van der Waals surface area (Å²) in [5.41, 5.74) is 8.71. The fraction of sp³-hybridized carbons (Fsp3) is 0.625. The molecule has 1 aromatic rings. The minimum Gasteiger partial charge on any atom is -0.372 e. The molecule has 0 amide bonds. The van der Waals surface area contributed by atoms with Crippen molar-refractivity contribution in [3.05, 3.63) is 35.4 Å². The Kier molecular flexibility index (Phi) is 6.99. The van der Waals surface area contributed by atoms with Crippen LogP contribution in [-0.2, 0) is 4.74 Å². The summed E-state index contributed by atoms with van der Waals surface area (Å²) in [6, 6.07) is 8.46. The fourth-order valence-electron chi connectivity index (χ4n) is 2.13. The molecular formula is C16H27NO. The maximum atomic E-state index is 6.21. The molecule has 0 spiro atoms. The zero-order chi connectivity index (χ0) is 13.4. The van der Waals surface area contributed by atoms with Crippen LogP contribution >= 0.6 is 0 Å². The molecular weight excluding hydrogens is 222 g/mol. The largest absolute Gasteiger partial charge is 0.372 e. The summed E-state index contributed by atoms with van der Waals surface area (Å²) in [4.78, 5) is 0. The normalized spacial score (nSPS) is 14.4. The highest BCUT2D eigenvalue weighted by molar-refractivity contribution is 5.28. The molecule has 0 heterocycles. The first kappa shape index (κ1) is 15.2. The molecule has 0 aliphatic heterocycles. The van der Waals surface area contributed by atoms with Crippen molar-refractivity contribution >= 4 is 0 Å². The predicted molar refractivity (Wildman–Crippen MR) is 77.7 cm³/mol. The van der Waals surface area contributed by atoms with Gasteiger partial charge in [0.05, 0.1) is 6.10 Å². The van der Waals surface area contributed by atoms with Gasteiger partial charge in [-0.25, -0.2) is 0 Å². The quantitative estimate of drug-likeness (QED) is 0.707. The van der Waals surface area contributed by atoms with E-state index in [9.17, 15) is 0 Å². The molecule has 1 rings (SSSR count). The van der Waals surface area contributed by atoms with Crippen molar-refractivity contribution in [1.29, 1.82) is 0 Å². The van der Waals surface area contributed by atoms with Gasteiger partial charge in [0.1, 0.15) is 0 Å². The predicted octanol–water partition coefficient (Wildman–Crippen LogP) is 3.98. The molecule has 0 saturated heterocycles. The molecule has 2 unspecified atom stereocenters. The highest BCUT2D eigenvalue weighted by Gasteiger charge is 2.20. The third-order valence-corrected chi connectivity index (χ3v) is 3.40. The summed E-state index contributed by atoms with van der Waals surface area (Å²) in [5.74, 6) is 0. The summed E-state index contributed by atoms with van der Waals surface area (Å²) >= 11 is 0. The van der Waals surface area contributed by atoms with Crippen LogP contribution in [0.4, 0.5) is 0 Å². The molecule has 0 saturated carbocycles. The van der Waals surface area contributed by atoms with Gasteiger partial charge in [-0.05, 0) is 30.9 Å². The summed E-state index contributed by atoms with van der Waals surface area (Å²) in [6.45, 7) is 7.25. The maximum Gasteiger partial charge on any atom is 0.0978 e. The van der Waals surface area contributed by atoms with Crippen molar-refractivity contribution in [1.82, 2.24) is 0 Å². The van der Waals surface area contributed by atoms with Crippen molar-refractivity contribution in [3.8, 4) is 0 Å². The van der Waals surface area contributed by atoms with Crippen molar-refractivity contribution in [3.63, 3.8) is 0 Å². The van der Waals surface area contributed by atoms with Gasteiger partial charge in [-0.15, -0.1) is 0 Å². The minimum atomic E-state index is 0.0352. The van der Waals surface area contributed by atoms with Gasteiger partial charge in [-0.1, -0.05) is 51.0 Å². The van der Waals surface area contributed by atoms with Crippen molar-refractivity contribution in [2.24, 2.45) is 5.73 Å². The molecule has 102 valence electrons. The third kappa shape index (κ3) is 4.43. The van der Waals surface area contributed by atoms with Gasteiger partial charge in [0, 0.05) is 12.6 Å². The first-order valence-corrected chi connectivity index (χ1v) is 7.13. The standard InChI is InChI=1S/C16H27NO/c1-4-6-9-12-18-16(15(17)5-2)14-11-8-7-10-13(14)3/h7-8,10-11,15-16H,4-6,9,12,17H2,1-3H3. The van der Waals surface area contributed by atoms with E-state index in [1.165, 1.54) is 24.0 Å². The lowest BCUT2D eigenvalue weighted by Crippen LogP contribution is -2.30. The topological polar surface area (TPSA) is 35.2 Å². The van der Waals surface area contributed by atoms with Crippen LogP contribution in [0, 0.1) is 6.92 Å². The number of hydrogen-bond acceptors (Lipinski definition) is 2. The molecule has 2 heteroatoms. The monoisotopic (exact) mass is 249 g/mol. The molecule has 0 aromatic heterocycles. The molecule has 0 aliphatic carbocycles. The Hall–Kier alpha value is -0.860. The second-order valence-corrected chi connectivity index (χ2v) is 4.93. The van der Waals surface area contributed by atoms with Gasteiger partial charge in [0.25, 0.3) is 0 Å². The fourth-order valence-corrected chi connectivity index (χ4v) is 2.13. The number of hydrogen-bond donors (Lipinski definition) is 1. The number of benzene rings is 1. The van der Waals surface area contributed by atoms with Crippen LogP contribution < -0.4 is 5.73 Å². The first-order valence-electron chi connectivity index (χ1n) is 7.13. The lowest BCUT2D eigenvalue weighted by molar-refractivity contribution is 0.0309. The van der Waals surface area contributed by atoms with E-state index in [2.05, 4.69) is 45.0 Å². The van der Waals surface area contributed by atoms with E-state index in [1.54, 1.807) is 0 Å². The lowest BCUT2D eigenvalue weighted by Gasteiger charge is -2.25. The Labute approximate surface area is 112 Å². The van der Waals surface area contributed by atoms with Crippen LogP contribution in [0.25, 0.3) is 0 Å². The van der Waals surface area contributed by atoms with E-state index < -0.39 is 0 Å². The molecule has 2 nitrogen and oxygen atoms in total. The van der Waals surface area contributed by atoms with Crippen LogP contribution in [0.1, 0.15) is 56.8 Å². The van der Waals surface area contributed by atoms with E-state index in [0.717, 1.165) is 19.4 Å². The van der Waals surface area contributed by atoms with Crippen molar-refractivity contribution in [2.75, 3.05) is 6.61 Å². The van der Waals surface area contributed by atoms with Gasteiger partial charge in [-0.2, -0.15) is 0 Å². The average Bonchev–Trinajstić information content (AvgIpc) is 2.39. The molecule has 0 bridgehead atoms. The summed E-state index contributed by atoms with van der Waals surface area (Å²) in [7, 11) is 0. The van der Waals surface area contributed by atoms with Gasteiger partial charge in [0.15, 0.2) is 0 Å². The molecule has 0 fully saturated rings. The Morgan fingerprint density at radius 3 is 2.50 bits per heavy atom. The SMILES string of the molecule is CCCCCOC(c1ccccc1C)C(N)CC. The number of nitrogens with two attached hydrogens (primary N) is 1. The van der Waals surface area contributed by atoms with Crippen LogP contribution in [0.15, 0.2) is 24.3 Å². The second kappa shape index (κ2) is 8.28. The van der Waals surface area contributed by atoms with Crippen molar-refractivity contribution in [2.45, 2.75) is 58.6 Å². The minimum absolute atomic E-state index is 0.0352. The molecule has 2 N–H and O–H groups in total. The van der Waals surface area contributed by atoms with Crippen LogP contribution in [0.2, 0.25) is 0 Å². The van der Waals surface area contributed by atoms with Crippen LogP contribution in [-0.4, -0.2) is 12.6 Å². The highest BCUT2D eigenvalue weighted by Crippen LogP contribution is 2.25. The Morgan fingerprint density at radius 2 is 1.89 bits per heavy atom. The zero-order valence-electron chi connectivity index (χ0n) is 12.0. The highest BCUT2D eigenvalue weighted by atomic mass is 16.5. The molecule has 0 aliphatic rings. The van der Waals surface area contributed by atoms with Gasteiger partial charge < -0.3 is 10.5 Å².